The third kappa shape index (κ3) is 3.32. The minimum atomic E-state index is -1.15. The van der Waals surface area contributed by atoms with Gasteiger partial charge in [-0.1, -0.05) is 23.4 Å². The standard InChI is InChI=1S/C17H13ClF2N2O4S/c1-3-25-16(23)11(17(24)26-4-2)15-22-9-6-5-8(19)12(20)13(9)21-7-10(22)14(18)27-15/h5-7H,3-4H2,1-2H3. The Morgan fingerprint density at radius 2 is 1.81 bits per heavy atom. The van der Waals surface area contributed by atoms with Crippen molar-refractivity contribution in [3.63, 3.8) is 0 Å². The van der Waals surface area contributed by atoms with E-state index in [1.54, 1.807) is 13.8 Å². The normalized spacial score (nSPS) is 14.9. The molecule has 0 spiro atoms. The molecule has 2 heterocycles. The Labute approximate surface area is 162 Å². The second-order valence-electron chi connectivity index (χ2n) is 5.20. The van der Waals surface area contributed by atoms with Crippen molar-refractivity contribution in [2.24, 2.45) is 4.99 Å². The van der Waals surface area contributed by atoms with E-state index in [4.69, 9.17) is 21.1 Å². The number of anilines is 1. The zero-order valence-electron chi connectivity index (χ0n) is 14.2. The van der Waals surface area contributed by atoms with Gasteiger partial charge in [0.1, 0.15) is 15.1 Å². The molecule has 0 amide bonds. The Morgan fingerprint density at radius 1 is 1.19 bits per heavy atom. The Balaban J connectivity index is 2.22. The molecule has 2 aliphatic heterocycles. The molecule has 1 aromatic rings. The minimum Gasteiger partial charge on any atom is -0.462 e. The SMILES string of the molecule is CCOC(=O)C(C(=O)OCC)=C1SC(Cl)=C2C=Nc3c(ccc(F)c3F)N21. The molecule has 0 unspecified atom stereocenters. The number of hydrogen-bond donors (Lipinski definition) is 0. The number of fused-ring (bicyclic) bond motifs is 3. The van der Waals surface area contributed by atoms with Gasteiger partial charge < -0.3 is 9.47 Å². The van der Waals surface area contributed by atoms with E-state index in [0.717, 1.165) is 17.8 Å². The fourth-order valence-electron chi connectivity index (χ4n) is 2.51. The quantitative estimate of drug-likeness (QED) is 0.321. The highest BCUT2D eigenvalue weighted by Gasteiger charge is 2.39. The lowest BCUT2D eigenvalue weighted by Crippen LogP contribution is -2.27. The van der Waals surface area contributed by atoms with E-state index < -0.39 is 23.6 Å². The van der Waals surface area contributed by atoms with Crippen LogP contribution in [0.25, 0.3) is 0 Å². The summed E-state index contributed by atoms with van der Waals surface area (Å²) in [6.07, 6.45) is 1.24. The Hall–Kier alpha value is -2.39. The third-order valence-corrected chi connectivity index (χ3v) is 5.00. The Bertz CT molecular complexity index is 910. The van der Waals surface area contributed by atoms with E-state index >= 15 is 0 Å². The van der Waals surface area contributed by atoms with Crippen LogP contribution in [-0.4, -0.2) is 31.4 Å². The number of halogens is 3. The number of carbonyl (C=O) groups is 2. The van der Waals surface area contributed by atoms with Crippen LogP contribution in [0, 0.1) is 11.6 Å². The highest BCUT2D eigenvalue weighted by molar-refractivity contribution is 8.08. The molecule has 0 atom stereocenters. The average Bonchev–Trinajstić information content (AvgIpc) is 2.95. The van der Waals surface area contributed by atoms with Gasteiger partial charge in [-0.15, -0.1) is 0 Å². The van der Waals surface area contributed by atoms with Crippen LogP contribution in [0.4, 0.5) is 20.2 Å². The Morgan fingerprint density at radius 3 is 2.41 bits per heavy atom. The van der Waals surface area contributed by atoms with E-state index in [1.807, 2.05) is 0 Å². The third-order valence-electron chi connectivity index (χ3n) is 3.61. The molecule has 10 heteroatoms. The molecule has 0 aromatic heterocycles. The van der Waals surface area contributed by atoms with Crippen LogP contribution in [0.3, 0.4) is 0 Å². The van der Waals surface area contributed by atoms with Crippen molar-refractivity contribution < 1.29 is 27.8 Å². The average molecular weight is 415 g/mol. The summed E-state index contributed by atoms with van der Waals surface area (Å²) >= 11 is 7.13. The zero-order valence-corrected chi connectivity index (χ0v) is 15.8. The van der Waals surface area contributed by atoms with E-state index in [-0.39, 0.29) is 39.6 Å². The molecule has 0 fully saturated rings. The van der Waals surface area contributed by atoms with Gasteiger partial charge in [-0.25, -0.2) is 23.4 Å². The zero-order chi connectivity index (χ0) is 19.7. The molecule has 27 heavy (non-hydrogen) atoms. The summed E-state index contributed by atoms with van der Waals surface area (Å²) in [5.41, 5.74) is -0.199. The van der Waals surface area contributed by atoms with E-state index in [2.05, 4.69) is 4.99 Å². The molecule has 2 aliphatic rings. The molecule has 0 saturated carbocycles. The summed E-state index contributed by atoms with van der Waals surface area (Å²) in [5, 5.41) is 0.0744. The van der Waals surface area contributed by atoms with Gasteiger partial charge in [0, 0.05) is 0 Å². The summed E-state index contributed by atoms with van der Waals surface area (Å²) in [5.74, 6) is -4.03. The van der Waals surface area contributed by atoms with Crippen LogP contribution in [0.5, 0.6) is 0 Å². The van der Waals surface area contributed by atoms with Gasteiger partial charge in [-0.3, -0.25) is 4.90 Å². The molecule has 1 aromatic carbocycles. The van der Waals surface area contributed by atoms with Crippen LogP contribution in [0.15, 0.2) is 37.8 Å². The fourth-order valence-corrected chi connectivity index (χ4v) is 3.84. The first-order chi connectivity index (χ1) is 12.9. The lowest BCUT2D eigenvalue weighted by Gasteiger charge is -2.27. The fraction of sp³-hybridized carbons (Fsp3) is 0.235. The van der Waals surface area contributed by atoms with Crippen LogP contribution < -0.4 is 4.90 Å². The number of ether oxygens (including phenoxy) is 2. The second-order valence-corrected chi connectivity index (χ2v) is 6.81. The second kappa shape index (κ2) is 7.69. The smallest absolute Gasteiger partial charge is 0.348 e. The van der Waals surface area contributed by atoms with Crippen molar-refractivity contribution in [2.45, 2.75) is 13.8 Å². The molecule has 0 saturated heterocycles. The van der Waals surface area contributed by atoms with Crippen molar-refractivity contribution in [3.05, 3.63) is 44.4 Å². The maximum atomic E-state index is 14.2. The van der Waals surface area contributed by atoms with Crippen LogP contribution in [0.1, 0.15) is 13.8 Å². The number of nitrogens with zero attached hydrogens (tertiary/aromatic N) is 2. The number of thioether (sulfide) groups is 1. The van der Waals surface area contributed by atoms with Gasteiger partial charge in [0.05, 0.1) is 30.8 Å². The number of allylic oxidation sites excluding steroid dienone is 1. The first kappa shape index (κ1) is 19.4. The number of hydrogen-bond acceptors (Lipinski definition) is 7. The number of carbonyl (C=O) groups excluding carboxylic acids is 2. The van der Waals surface area contributed by atoms with Gasteiger partial charge in [0.15, 0.2) is 17.2 Å². The van der Waals surface area contributed by atoms with Crippen LogP contribution >= 0.6 is 23.4 Å². The number of benzene rings is 1. The van der Waals surface area contributed by atoms with Gasteiger partial charge >= 0.3 is 11.9 Å². The molecule has 3 rings (SSSR count). The number of aliphatic imine (C=N–C) groups is 1. The summed E-state index contributed by atoms with van der Waals surface area (Å²) in [6.45, 7) is 3.24. The molecule has 6 nitrogen and oxygen atoms in total. The van der Waals surface area contributed by atoms with E-state index in [0.29, 0.717) is 5.70 Å². The van der Waals surface area contributed by atoms with E-state index in [1.165, 1.54) is 17.2 Å². The lowest BCUT2D eigenvalue weighted by atomic mass is 10.1. The number of rotatable bonds is 4. The molecular formula is C17H13ClF2N2O4S. The van der Waals surface area contributed by atoms with Crippen LogP contribution in [0.2, 0.25) is 0 Å². The molecular weight excluding hydrogens is 402 g/mol. The Kier molecular flexibility index (Phi) is 5.52. The topological polar surface area (TPSA) is 68.2 Å². The minimum absolute atomic E-state index is 0.0333. The maximum absolute atomic E-state index is 14.2. The maximum Gasteiger partial charge on any atom is 0.348 e. The van der Waals surface area contributed by atoms with Crippen molar-refractivity contribution in [3.8, 4) is 0 Å². The lowest BCUT2D eigenvalue weighted by molar-refractivity contribution is -0.146. The van der Waals surface area contributed by atoms with Gasteiger partial charge in [0.25, 0.3) is 0 Å². The largest absolute Gasteiger partial charge is 0.462 e. The summed E-state index contributed by atoms with van der Waals surface area (Å²) in [6, 6.07) is 2.21. The van der Waals surface area contributed by atoms with Crippen LogP contribution in [-0.2, 0) is 19.1 Å². The van der Waals surface area contributed by atoms with Gasteiger partial charge in [0.2, 0.25) is 0 Å². The van der Waals surface area contributed by atoms with Crippen molar-refractivity contribution >= 4 is 52.9 Å². The molecule has 0 aliphatic carbocycles. The number of esters is 2. The first-order valence-corrected chi connectivity index (χ1v) is 9.08. The van der Waals surface area contributed by atoms with Crippen molar-refractivity contribution in [2.75, 3.05) is 18.1 Å². The molecule has 142 valence electrons. The molecule has 0 N–H and O–H groups in total. The van der Waals surface area contributed by atoms with Crippen molar-refractivity contribution in [1.29, 1.82) is 0 Å². The predicted octanol–water partition coefficient (Wildman–Crippen LogP) is 3.98. The monoisotopic (exact) mass is 414 g/mol. The summed E-state index contributed by atoms with van der Waals surface area (Å²) in [7, 11) is 0. The highest BCUT2D eigenvalue weighted by Crippen LogP contribution is 2.51. The van der Waals surface area contributed by atoms with Gasteiger partial charge in [-0.2, -0.15) is 0 Å². The highest BCUT2D eigenvalue weighted by atomic mass is 35.5. The van der Waals surface area contributed by atoms with Gasteiger partial charge in [-0.05, 0) is 26.0 Å². The predicted molar refractivity (Wildman–Crippen MR) is 97.8 cm³/mol. The van der Waals surface area contributed by atoms with Crippen molar-refractivity contribution in [1.82, 2.24) is 0 Å². The van der Waals surface area contributed by atoms with E-state index in [9.17, 15) is 18.4 Å². The molecule has 0 bridgehead atoms. The first-order valence-electron chi connectivity index (χ1n) is 7.89. The summed E-state index contributed by atoms with van der Waals surface area (Å²) < 4.78 is 37.9. The molecule has 0 radical (unpaired) electrons. The summed E-state index contributed by atoms with van der Waals surface area (Å²) in [4.78, 5) is 30.1.